The number of amides is 2. The zero-order valence-electron chi connectivity index (χ0n) is 12.6. The highest BCUT2D eigenvalue weighted by Crippen LogP contribution is 2.29. The Morgan fingerprint density at radius 3 is 2.67 bits per heavy atom. The maximum Gasteiger partial charge on any atom is 0.253 e. The molecule has 2 heterocycles. The van der Waals surface area contributed by atoms with Crippen LogP contribution in [0.25, 0.3) is 0 Å². The van der Waals surface area contributed by atoms with Gasteiger partial charge in [0.2, 0.25) is 5.91 Å². The van der Waals surface area contributed by atoms with Crippen LogP contribution in [-0.4, -0.2) is 36.3 Å². The number of hydrogen-bond donors (Lipinski definition) is 0. The van der Waals surface area contributed by atoms with Gasteiger partial charge in [0.25, 0.3) is 5.91 Å². The zero-order chi connectivity index (χ0) is 14.8. The van der Waals surface area contributed by atoms with Crippen LogP contribution in [0.5, 0.6) is 0 Å². The maximum absolute atomic E-state index is 12.4. The van der Waals surface area contributed by atoms with Crippen molar-refractivity contribution in [2.24, 2.45) is 0 Å². The van der Waals surface area contributed by atoms with Crippen molar-refractivity contribution in [2.45, 2.75) is 39.0 Å². The number of hydrogen-bond acceptors (Lipinski definition) is 2. The van der Waals surface area contributed by atoms with E-state index < -0.39 is 0 Å². The third-order valence-corrected chi connectivity index (χ3v) is 4.37. The summed E-state index contributed by atoms with van der Waals surface area (Å²) in [6.07, 6.45) is 4.45. The van der Waals surface area contributed by atoms with Crippen LogP contribution >= 0.6 is 0 Å². The molecule has 0 atom stereocenters. The van der Waals surface area contributed by atoms with Crippen molar-refractivity contribution in [3.05, 3.63) is 29.3 Å². The maximum atomic E-state index is 12.4. The normalized spacial score (nSPS) is 18.0. The fourth-order valence-corrected chi connectivity index (χ4v) is 3.26. The molecule has 0 N–H and O–H groups in total. The lowest BCUT2D eigenvalue weighted by Crippen LogP contribution is -2.36. The second-order valence-electron chi connectivity index (χ2n) is 5.89. The fraction of sp³-hybridized carbons (Fsp3) is 0.529. The Bertz CT molecular complexity index is 562. The van der Waals surface area contributed by atoms with Gasteiger partial charge < -0.3 is 9.80 Å². The van der Waals surface area contributed by atoms with Gasteiger partial charge in [0.1, 0.15) is 0 Å². The predicted octanol–water partition coefficient (Wildman–Crippen LogP) is 2.61. The number of rotatable bonds is 3. The Balaban J connectivity index is 1.87. The number of carbonyl (C=O) groups excluding carboxylic acids is 2. The summed E-state index contributed by atoms with van der Waals surface area (Å²) in [7, 11) is 0. The molecule has 0 bridgehead atoms. The highest BCUT2D eigenvalue weighted by molar-refractivity contribution is 5.99. The SMILES string of the molecule is CCCN1C(=O)CCc2cc(C(=O)N3CCCC3)ccc21. The van der Waals surface area contributed by atoms with E-state index in [1.807, 2.05) is 28.0 Å². The minimum atomic E-state index is 0.134. The summed E-state index contributed by atoms with van der Waals surface area (Å²) in [5, 5.41) is 0. The van der Waals surface area contributed by atoms with Crippen LogP contribution in [0.15, 0.2) is 18.2 Å². The summed E-state index contributed by atoms with van der Waals surface area (Å²) in [6, 6.07) is 5.82. The molecule has 0 aliphatic carbocycles. The lowest BCUT2D eigenvalue weighted by atomic mass is 9.98. The summed E-state index contributed by atoms with van der Waals surface area (Å²) in [5.74, 6) is 0.331. The van der Waals surface area contributed by atoms with Gasteiger partial charge in [-0.1, -0.05) is 6.92 Å². The lowest BCUT2D eigenvalue weighted by Gasteiger charge is -2.29. The van der Waals surface area contributed by atoms with E-state index in [-0.39, 0.29) is 11.8 Å². The molecule has 3 rings (SSSR count). The van der Waals surface area contributed by atoms with Crippen molar-refractivity contribution < 1.29 is 9.59 Å². The number of fused-ring (bicyclic) bond motifs is 1. The molecule has 0 saturated carbocycles. The van der Waals surface area contributed by atoms with Crippen LogP contribution in [0.1, 0.15) is 48.5 Å². The molecule has 1 aromatic rings. The molecule has 0 unspecified atom stereocenters. The minimum absolute atomic E-state index is 0.134. The van der Waals surface area contributed by atoms with Crippen molar-refractivity contribution in [3.63, 3.8) is 0 Å². The van der Waals surface area contributed by atoms with Gasteiger partial charge in [-0.2, -0.15) is 0 Å². The molecule has 21 heavy (non-hydrogen) atoms. The Labute approximate surface area is 125 Å². The van der Waals surface area contributed by atoms with Gasteiger partial charge in [0.15, 0.2) is 0 Å². The topological polar surface area (TPSA) is 40.6 Å². The molecular weight excluding hydrogens is 264 g/mol. The number of aryl methyl sites for hydroxylation is 1. The largest absolute Gasteiger partial charge is 0.339 e. The first-order chi connectivity index (χ1) is 10.2. The van der Waals surface area contributed by atoms with Crippen molar-refractivity contribution in [1.82, 2.24) is 4.90 Å². The predicted molar refractivity (Wildman–Crippen MR) is 82.5 cm³/mol. The van der Waals surface area contributed by atoms with E-state index in [0.717, 1.165) is 62.1 Å². The van der Waals surface area contributed by atoms with E-state index in [4.69, 9.17) is 0 Å². The summed E-state index contributed by atoms with van der Waals surface area (Å²) in [4.78, 5) is 28.3. The lowest BCUT2D eigenvalue weighted by molar-refractivity contribution is -0.118. The van der Waals surface area contributed by atoms with E-state index in [9.17, 15) is 9.59 Å². The summed E-state index contributed by atoms with van der Waals surface area (Å²) in [5.41, 5.74) is 2.89. The molecule has 2 amide bonds. The van der Waals surface area contributed by atoms with E-state index in [2.05, 4.69) is 6.92 Å². The first-order valence-electron chi connectivity index (χ1n) is 7.93. The monoisotopic (exact) mass is 286 g/mol. The number of likely N-dealkylation sites (tertiary alicyclic amines) is 1. The number of benzene rings is 1. The van der Waals surface area contributed by atoms with Gasteiger partial charge in [-0.25, -0.2) is 0 Å². The van der Waals surface area contributed by atoms with E-state index >= 15 is 0 Å². The molecule has 4 heteroatoms. The van der Waals surface area contributed by atoms with Crippen molar-refractivity contribution in [2.75, 3.05) is 24.5 Å². The third kappa shape index (κ3) is 2.67. The van der Waals surface area contributed by atoms with Crippen molar-refractivity contribution in [1.29, 1.82) is 0 Å². The molecule has 112 valence electrons. The van der Waals surface area contributed by atoms with Crippen molar-refractivity contribution in [3.8, 4) is 0 Å². The second kappa shape index (κ2) is 5.88. The average Bonchev–Trinajstić information content (AvgIpc) is 3.03. The van der Waals surface area contributed by atoms with E-state index in [0.29, 0.717) is 6.42 Å². The smallest absolute Gasteiger partial charge is 0.253 e. The Morgan fingerprint density at radius 1 is 1.19 bits per heavy atom. The van der Waals surface area contributed by atoms with Gasteiger partial charge in [-0.3, -0.25) is 9.59 Å². The second-order valence-corrected chi connectivity index (χ2v) is 5.89. The summed E-state index contributed by atoms with van der Waals surface area (Å²) < 4.78 is 0. The van der Waals surface area contributed by atoms with Gasteiger partial charge in [-0.15, -0.1) is 0 Å². The van der Waals surface area contributed by atoms with Crippen LogP contribution in [0, 0.1) is 0 Å². The quantitative estimate of drug-likeness (QED) is 0.857. The van der Waals surface area contributed by atoms with E-state index in [1.165, 1.54) is 0 Å². The van der Waals surface area contributed by atoms with E-state index in [1.54, 1.807) is 0 Å². The van der Waals surface area contributed by atoms with Gasteiger partial charge in [0.05, 0.1) is 0 Å². The van der Waals surface area contributed by atoms with Crippen molar-refractivity contribution >= 4 is 17.5 Å². The van der Waals surface area contributed by atoms with Crippen LogP contribution in [0.4, 0.5) is 5.69 Å². The van der Waals surface area contributed by atoms with Crippen LogP contribution in [-0.2, 0) is 11.2 Å². The van der Waals surface area contributed by atoms with Crippen LogP contribution in [0.2, 0.25) is 0 Å². The Morgan fingerprint density at radius 2 is 1.95 bits per heavy atom. The van der Waals surface area contributed by atoms with Gasteiger partial charge in [-0.05, 0) is 49.4 Å². The first-order valence-corrected chi connectivity index (χ1v) is 7.93. The third-order valence-electron chi connectivity index (χ3n) is 4.37. The molecule has 0 radical (unpaired) electrons. The Kier molecular flexibility index (Phi) is 3.95. The van der Waals surface area contributed by atoms with Crippen LogP contribution in [0.3, 0.4) is 0 Å². The standard InChI is InChI=1S/C17H22N2O2/c1-2-9-19-15-7-5-14(12-13(15)6-8-16(19)20)17(21)18-10-3-4-11-18/h5,7,12H,2-4,6,8-11H2,1H3. The molecule has 0 aromatic heterocycles. The van der Waals surface area contributed by atoms with Gasteiger partial charge >= 0.3 is 0 Å². The first kappa shape index (κ1) is 14.1. The highest BCUT2D eigenvalue weighted by atomic mass is 16.2. The minimum Gasteiger partial charge on any atom is -0.339 e. The summed E-state index contributed by atoms with van der Waals surface area (Å²) in [6.45, 7) is 4.57. The fourth-order valence-electron chi connectivity index (χ4n) is 3.26. The van der Waals surface area contributed by atoms with Crippen LogP contribution < -0.4 is 4.90 Å². The molecule has 2 aliphatic rings. The zero-order valence-corrected chi connectivity index (χ0v) is 12.6. The molecule has 4 nitrogen and oxygen atoms in total. The Hall–Kier alpha value is -1.84. The number of nitrogens with zero attached hydrogens (tertiary/aromatic N) is 2. The molecule has 0 spiro atoms. The molecule has 1 aromatic carbocycles. The molecular formula is C17H22N2O2. The summed E-state index contributed by atoms with van der Waals surface area (Å²) >= 11 is 0. The molecule has 1 saturated heterocycles. The molecule has 1 fully saturated rings. The number of anilines is 1. The molecule has 2 aliphatic heterocycles. The number of carbonyl (C=O) groups is 2. The van der Waals surface area contributed by atoms with Gasteiger partial charge in [0, 0.05) is 37.3 Å². The average molecular weight is 286 g/mol. The highest BCUT2D eigenvalue weighted by Gasteiger charge is 2.25.